The molecule has 1 spiro atoms. The average Bonchev–Trinajstić information content (AvgIpc) is 3.44. The predicted octanol–water partition coefficient (Wildman–Crippen LogP) is 1.60. The lowest BCUT2D eigenvalue weighted by atomic mass is 10.0. The maximum absolute atomic E-state index is 13.9. The third kappa shape index (κ3) is 3.44. The van der Waals surface area contributed by atoms with E-state index in [9.17, 15) is 28.3 Å². The third-order valence-electron chi connectivity index (χ3n) is 6.27. The van der Waals surface area contributed by atoms with Gasteiger partial charge in [0.2, 0.25) is 5.43 Å². The number of hydrogen-bond acceptors (Lipinski definition) is 5. The smallest absolute Gasteiger partial charge is 0.274 e. The van der Waals surface area contributed by atoms with Gasteiger partial charge < -0.3 is 24.6 Å². The first-order valence-corrected chi connectivity index (χ1v) is 10.2. The van der Waals surface area contributed by atoms with Gasteiger partial charge in [-0.2, -0.15) is 0 Å². The summed E-state index contributed by atoms with van der Waals surface area (Å²) in [4.78, 5) is 39.9. The number of likely N-dealkylation sites (N-methyl/N-ethyl adjacent to an activating group) is 1. The van der Waals surface area contributed by atoms with Gasteiger partial charge >= 0.3 is 0 Å². The fourth-order valence-corrected chi connectivity index (χ4v) is 4.41. The number of hydrogen-bond donors (Lipinski definition) is 2. The Bertz CT molecular complexity index is 1160. The molecule has 0 unspecified atom stereocenters. The maximum Gasteiger partial charge on any atom is 0.274 e. The van der Waals surface area contributed by atoms with E-state index in [0.29, 0.717) is 32.2 Å². The summed E-state index contributed by atoms with van der Waals surface area (Å²) >= 11 is 0. The van der Waals surface area contributed by atoms with Crippen molar-refractivity contribution < 1.29 is 28.2 Å². The SMILES string of the molecule is CCN1C[C@]2(C[C@H]2COC)n2cc(C(=O)NCc3ccc(F)cc3F)c(=O)c(O)c2C1=O. The van der Waals surface area contributed by atoms with Gasteiger partial charge in [0, 0.05) is 50.5 Å². The molecule has 0 saturated heterocycles. The van der Waals surface area contributed by atoms with E-state index in [1.165, 1.54) is 16.8 Å². The van der Waals surface area contributed by atoms with Crippen molar-refractivity contribution in [1.82, 2.24) is 14.8 Å². The highest BCUT2D eigenvalue weighted by molar-refractivity contribution is 5.99. The molecule has 1 aromatic carbocycles. The third-order valence-corrected chi connectivity index (χ3v) is 6.27. The number of ether oxygens (including phenoxy) is 1. The summed E-state index contributed by atoms with van der Waals surface area (Å²) in [5, 5.41) is 13.0. The zero-order valence-corrected chi connectivity index (χ0v) is 17.7. The van der Waals surface area contributed by atoms with Crippen LogP contribution in [0.3, 0.4) is 0 Å². The molecule has 2 aliphatic rings. The van der Waals surface area contributed by atoms with E-state index >= 15 is 0 Å². The topological polar surface area (TPSA) is 101 Å². The molecule has 32 heavy (non-hydrogen) atoms. The van der Waals surface area contributed by atoms with Gasteiger partial charge in [0.15, 0.2) is 11.4 Å². The number of rotatable bonds is 6. The first-order chi connectivity index (χ1) is 15.2. The van der Waals surface area contributed by atoms with Crippen LogP contribution in [-0.4, -0.2) is 53.2 Å². The summed E-state index contributed by atoms with van der Waals surface area (Å²) in [5.74, 6) is -3.66. The molecule has 1 fully saturated rings. The Hall–Kier alpha value is -3.27. The van der Waals surface area contributed by atoms with Crippen molar-refractivity contribution in [3.8, 4) is 5.75 Å². The van der Waals surface area contributed by atoms with Crippen LogP contribution in [0, 0.1) is 17.6 Å². The molecule has 2 heterocycles. The average molecular weight is 447 g/mol. The summed E-state index contributed by atoms with van der Waals surface area (Å²) in [7, 11) is 1.56. The van der Waals surface area contributed by atoms with E-state index in [0.717, 1.165) is 6.07 Å². The fraction of sp³-hybridized carbons (Fsp3) is 0.409. The summed E-state index contributed by atoms with van der Waals surface area (Å²) in [6, 6.07) is 2.94. The largest absolute Gasteiger partial charge is 0.503 e. The summed E-state index contributed by atoms with van der Waals surface area (Å²) in [5.41, 5.74) is -2.05. The molecule has 4 rings (SSSR count). The van der Waals surface area contributed by atoms with Gasteiger partial charge in [-0.3, -0.25) is 14.4 Å². The van der Waals surface area contributed by atoms with E-state index in [-0.39, 0.29) is 29.3 Å². The lowest BCUT2D eigenvalue weighted by molar-refractivity contribution is 0.0622. The number of nitrogens with one attached hydrogen (secondary N) is 1. The van der Waals surface area contributed by atoms with Gasteiger partial charge in [-0.15, -0.1) is 0 Å². The molecule has 2 N–H and O–H groups in total. The van der Waals surface area contributed by atoms with Gasteiger partial charge in [-0.1, -0.05) is 6.07 Å². The van der Waals surface area contributed by atoms with Crippen LogP contribution in [0.25, 0.3) is 0 Å². The first-order valence-electron chi connectivity index (χ1n) is 10.2. The molecule has 2 atom stereocenters. The van der Waals surface area contributed by atoms with Crippen LogP contribution in [-0.2, 0) is 16.8 Å². The molecule has 1 aliphatic carbocycles. The fourth-order valence-electron chi connectivity index (χ4n) is 4.41. The minimum Gasteiger partial charge on any atom is -0.503 e. The van der Waals surface area contributed by atoms with Crippen molar-refractivity contribution in [3.63, 3.8) is 0 Å². The molecule has 170 valence electrons. The van der Waals surface area contributed by atoms with Crippen molar-refractivity contribution >= 4 is 11.8 Å². The molecule has 2 amide bonds. The maximum atomic E-state index is 13.9. The van der Waals surface area contributed by atoms with Gasteiger partial charge in [0.05, 0.1) is 12.1 Å². The van der Waals surface area contributed by atoms with Crippen molar-refractivity contribution in [1.29, 1.82) is 0 Å². The van der Waals surface area contributed by atoms with Crippen LogP contribution < -0.4 is 10.7 Å². The molecule has 0 radical (unpaired) electrons. The predicted molar refractivity (Wildman–Crippen MR) is 109 cm³/mol. The Labute approximate surface area is 182 Å². The summed E-state index contributed by atoms with van der Waals surface area (Å²) in [6.45, 7) is 2.71. The highest BCUT2D eigenvalue weighted by Crippen LogP contribution is 2.54. The molecule has 8 nitrogen and oxygen atoms in total. The van der Waals surface area contributed by atoms with Gasteiger partial charge in [-0.05, 0) is 19.4 Å². The zero-order chi connectivity index (χ0) is 23.2. The Morgan fingerprint density at radius 3 is 2.75 bits per heavy atom. The van der Waals surface area contributed by atoms with Crippen LogP contribution in [0.15, 0.2) is 29.2 Å². The van der Waals surface area contributed by atoms with E-state index in [4.69, 9.17) is 4.74 Å². The Balaban J connectivity index is 1.70. The van der Waals surface area contributed by atoms with Crippen molar-refractivity contribution in [2.24, 2.45) is 5.92 Å². The van der Waals surface area contributed by atoms with Crippen LogP contribution in [0.5, 0.6) is 5.75 Å². The number of fused-ring (bicyclic) bond motifs is 2. The number of aromatic hydroxyl groups is 1. The van der Waals surface area contributed by atoms with Gasteiger partial charge in [0.1, 0.15) is 17.2 Å². The number of benzene rings is 1. The second-order valence-electron chi connectivity index (χ2n) is 8.14. The number of amides is 2. The van der Waals surface area contributed by atoms with Crippen molar-refractivity contribution in [3.05, 3.63) is 63.1 Å². The van der Waals surface area contributed by atoms with E-state index < -0.39 is 40.2 Å². The monoisotopic (exact) mass is 447 g/mol. The standard InChI is InChI=1S/C22H23F2N3O5/c1-3-26-11-22(7-13(22)10-32-2)27-9-15(18(28)19(29)17(27)21(26)31)20(30)25-8-12-4-5-14(23)6-16(12)24/h4-6,9,13,29H,3,7-8,10-11H2,1-2H3,(H,25,30)/t13-,22-/m0/s1. The minimum absolute atomic E-state index is 0.0367. The number of aromatic nitrogens is 1. The second kappa shape index (κ2) is 8.01. The zero-order valence-electron chi connectivity index (χ0n) is 17.7. The van der Waals surface area contributed by atoms with Crippen molar-refractivity contribution in [2.45, 2.75) is 25.4 Å². The van der Waals surface area contributed by atoms with E-state index in [1.54, 1.807) is 18.9 Å². The van der Waals surface area contributed by atoms with Crippen LogP contribution >= 0.6 is 0 Å². The van der Waals surface area contributed by atoms with Gasteiger partial charge in [0.25, 0.3) is 11.8 Å². The van der Waals surface area contributed by atoms with Crippen LogP contribution in [0.4, 0.5) is 8.78 Å². The van der Waals surface area contributed by atoms with E-state index in [1.807, 2.05) is 0 Å². The van der Waals surface area contributed by atoms with Crippen LogP contribution in [0.2, 0.25) is 0 Å². The lowest BCUT2D eigenvalue weighted by Gasteiger charge is -2.37. The molecular formula is C22H23F2N3O5. The van der Waals surface area contributed by atoms with E-state index in [2.05, 4.69) is 5.32 Å². The second-order valence-corrected chi connectivity index (χ2v) is 8.14. The quantitative estimate of drug-likeness (QED) is 0.701. The molecule has 1 aromatic heterocycles. The normalized spacial score (nSPS) is 21.6. The Kier molecular flexibility index (Phi) is 5.49. The summed E-state index contributed by atoms with van der Waals surface area (Å²) in [6.07, 6.45) is 1.94. The van der Waals surface area contributed by atoms with Gasteiger partial charge in [-0.25, -0.2) is 8.78 Å². The Morgan fingerprint density at radius 2 is 2.09 bits per heavy atom. The van der Waals surface area contributed by atoms with Crippen LogP contribution in [0.1, 0.15) is 39.8 Å². The number of halogens is 2. The number of methoxy groups -OCH3 is 1. The first kappa shape index (κ1) is 21.9. The lowest BCUT2D eigenvalue weighted by Crippen LogP contribution is -2.49. The highest BCUT2D eigenvalue weighted by Gasteiger charge is 2.60. The molecule has 2 aromatic rings. The highest BCUT2D eigenvalue weighted by atomic mass is 19.1. The molecular weight excluding hydrogens is 424 g/mol. The van der Waals surface area contributed by atoms with Crippen molar-refractivity contribution in [2.75, 3.05) is 26.8 Å². The number of carbonyl (C=O) groups is 2. The minimum atomic E-state index is -0.987. The number of nitrogens with zero attached hydrogens (tertiary/aromatic N) is 2. The molecule has 1 saturated carbocycles. The molecule has 10 heteroatoms. The summed E-state index contributed by atoms with van der Waals surface area (Å²) < 4.78 is 33.7. The molecule has 0 bridgehead atoms. The number of pyridine rings is 1. The Morgan fingerprint density at radius 1 is 1.34 bits per heavy atom. The molecule has 1 aliphatic heterocycles. The number of carbonyl (C=O) groups excluding carboxylic acids is 2.